The largest absolute Gasteiger partial charge is 0.277 e. The molecule has 22 heavy (non-hydrogen) atoms. The number of fused-ring (bicyclic) bond motifs is 1. The lowest BCUT2D eigenvalue weighted by Gasteiger charge is -2.24. The fraction of sp³-hybridized carbons (Fsp3) is 0.333. The average molecular weight is 295 g/mol. The second kappa shape index (κ2) is 5.52. The molecule has 0 bridgehead atoms. The second-order valence-corrected chi connectivity index (χ2v) is 6.05. The summed E-state index contributed by atoms with van der Waals surface area (Å²) in [7, 11) is 0. The molecule has 4 rings (SSSR count). The maximum absolute atomic E-state index is 13.7. The monoisotopic (exact) mass is 295 g/mol. The number of rotatable bonds is 2. The lowest BCUT2D eigenvalue weighted by Crippen LogP contribution is -2.15. The Kier molecular flexibility index (Phi) is 3.37. The number of pyridine rings is 1. The van der Waals surface area contributed by atoms with E-state index in [1.165, 1.54) is 0 Å². The topological polar surface area (TPSA) is 41.6 Å². The van der Waals surface area contributed by atoms with Crippen LogP contribution in [0.1, 0.15) is 37.3 Å². The lowest BCUT2D eigenvalue weighted by atomic mass is 9.85. The number of H-pyrrole nitrogens is 1. The number of halogens is 1. The fourth-order valence-electron chi connectivity index (χ4n) is 3.40. The van der Waals surface area contributed by atoms with Crippen LogP contribution in [0.3, 0.4) is 0 Å². The number of hydrogen-bond acceptors (Lipinski definition) is 2. The summed E-state index contributed by atoms with van der Waals surface area (Å²) in [6.07, 6.45) is 4.39. The summed E-state index contributed by atoms with van der Waals surface area (Å²) < 4.78 is 13.7. The zero-order valence-electron chi connectivity index (χ0n) is 12.3. The second-order valence-electron chi connectivity index (χ2n) is 6.05. The molecule has 0 saturated heterocycles. The lowest BCUT2D eigenvalue weighted by molar-refractivity contribution is 0.230. The first-order valence-electron chi connectivity index (χ1n) is 7.85. The van der Waals surface area contributed by atoms with Crippen molar-refractivity contribution in [3.8, 4) is 11.3 Å². The molecule has 3 aromatic rings. The molecule has 1 N–H and O–H groups in total. The van der Waals surface area contributed by atoms with Gasteiger partial charge >= 0.3 is 0 Å². The van der Waals surface area contributed by atoms with Crippen molar-refractivity contribution >= 4 is 10.9 Å². The molecule has 1 aromatic carbocycles. The Morgan fingerprint density at radius 3 is 2.95 bits per heavy atom. The summed E-state index contributed by atoms with van der Waals surface area (Å²) in [5, 5.41) is 8.61. The molecule has 2 atom stereocenters. The van der Waals surface area contributed by atoms with E-state index in [2.05, 4.69) is 27.3 Å². The Morgan fingerprint density at radius 2 is 2.05 bits per heavy atom. The van der Waals surface area contributed by atoms with Crippen LogP contribution in [0.15, 0.2) is 42.6 Å². The predicted octanol–water partition coefficient (Wildman–Crippen LogP) is 4.62. The molecule has 2 aromatic heterocycles. The van der Waals surface area contributed by atoms with E-state index in [4.69, 9.17) is 0 Å². The van der Waals surface area contributed by atoms with Crippen LogP contribution in [0.5, 0.6) is 0 Å². The zero-order valence-corrected chi connectivity index (χ0v) is 12.3. The summed E-state index contributed by atoms with van der Waals surface area (Å²) in [6.45, 7) is 0. The number of hydrogen-bond donors (Lipinski definition) is 1. The molecule has 0 radical (unpaired) electrons. The normalized spacial score (nSPS) is 22.0. The quantitative estimate of drug-likeness (QED) is 0.749. The highest BCUT2D eigenvalue weighted by molar-refractivity contribution is 5.92. The summed E-state index contributed by atoms with van der Waals surface area (Å²) >= 11 is 0. The number of alkyl halides is 1. The van der Waals surface area contributed by atoms with Crippen molar-refractivity contribution in [2.45, 2.75) is 37.8 Å². The maximum atomic E-state index is 13.7. The first kappa shape index (κ1) is 13.4. The van der Waals surface area contributed by atoms with Crippen LogP contribution >= 0.6 is 0 Å². The molecule has 1 aliphatic rings. The van der Waals surface area contributed by atoms with E-state index in [9.17, 15) is 4.39 Å². The molecule has 3 nitrogen and oxygen atoms in total. The van der Waals surface area contributed by atoms with Crippen LogP contribution in [0, 0.1) is 0 Å². The van der Waals surface area contributed by atoms with Gasteiger partial charge in [-0.15, -0.1) is 0 Å². The van der Waals surface area contributed by atoms with Crippen LogP contribution in [0.2, 0.25) is 0 Å². The van der Waals surface area contributed by atoms with Gasteiger partial charge in [0.2, 0.25) is 0 Å². The smallest absolute Gasteiger partial charge is 0.101 e. The standard InChI is InChI=1S/C18H18FN3/c19-14-5-3-4-12(10-14)17-11-13(8-9-20-17)18-15-6-1-2-7-16(15)21-22-18/h1-2,6-9,11-12,14H,3-5,10H2,(H,21,22). The van der Waals surface area contributed by atoms with E-state index in [1.54, 1.807) is 0 Å². The van der Waals surface area contributed by atoms with Crippen molar-refractivity contribution in [1.82, 2.24) is 15.2 Å². The van der Waals surface area contributed by atoms with Gasteiger partial charge in [0, 0.05) is 28.8 Å². The molecule has 0 spiro atoms. The molecule has 2 unspecified atom stereocenters. The molecule has 112 valence electrons. The van der Waals surface area contributed by atoms with Gasteiger partial charge in [-0.3, -0.25) is 10.1 Å². The van der Waals surface area contributed by atoms with Crippen LogP contribution in [0.25, 0.3) is 22.2 Å². The van der Waals surface area contributed by atoms with Crippen LogP contribution in [-0.4, -0.2) is 21.4 Å². The molecule has 4 heteroatoms. The minimum Gasteiger partial charge on any atom is -0.277 e. The molecule has 0 amide bonds. The van der Waals surface area contributed by atoms with Gasteiger partial charge in [-0.2, -0.15) is 5.10 Å². The van der Waals surface area contributed by atoms with Gasteiger partial charge in [-0.25, -0.2) is 4.39 Å². The van der Waals surface area contributed by atoms with Crippen molar-refractivity contribution in [1.29, 1.82) is 0 Å². The minimum absolute atomic E-state index is 0.230. The van der Waals surface area contributed by atoms with Crippen molar-refractivity contribution < 1.29 is 4.39 Å². The number of benzene rings is 1. The maximum Gasteiger partial charge on any atom is 0.101 e. The summed E-state index contributed by atoms with van der Waals surface area (Å²) in [5.74, 6) is 0.230. The summed E-state index contributed by atoms with van der Waals surface area (Å²) in [4.78, 5) is 4.48. The van der Waals surface area contributed by atoms with E-state index < -0.39 is 6.17 Å². The average Bonchev–Trinajstić information content (AvgIpc) is 2.99. The Morgan fingerprint density at radius 1 is 1.14 bits per heavy atom. The van der Waals surface area contributed by atoms with Gasteiger partial charge in [-0.05, 0) is 43.9 Å². The predicted molar refractivity (Wildman–Crippen MR) is 85.4 cm³/mol. The Hall–Kier alpha value is -2.23. The highest BCUT2D eigenvalue weighted by atomic mass is 19.1. The third-order valence-corrected chi connectivity index (χ3v) is 4.55. The zero-order chi connectivity index (χ0) is 14.9. The Labute approximate surface area is 128 Å². The van der Waals surface area contributed by atoms with E-state index >= 15 is 0 Å². The van der Waals surface area contributed by atoms with Crippen LogP contribution in [-0.2, 0) is 0 Å². The number of aromatic nitrogens is 3. The Balaban J connectivity index is 1.72. The highest BCUT2D eigenvalue weighted by Gasteiger charge is 2.24. The number of nitrogens with one attached hydrogen (secondary N) is 1. The first-order chi connectivity index (χ1) is 10.8. The van der Waals surface area contributed by atoms with E-state index in [0.717, 1.165) is 40.7 Å². The molecule has 0 aliphatic heterocycles. The first-order valence-corrected chi connectivity index (χ1v) is 7.85. The third kappa shape index (κ3) is 2.39. The van der Waals surface area contributed by atoms with E-state index in [0.29, 0.717) is 12.8 Å². The van der Waals surface area contributed by atoms with Crippen molar-refractivity contribution in [2.75, 3.05) is 0 Å². The van der Waals surface area contributed by atoms with Gasteiger partial charge in [0.15, 0.2) is 0 Å². The molecule has 1 saturated carbocycles. The van der Waals surface area contributed by atoms with E-state index in [1.807, 2.05) is 30.5 Å². The van der Waals surface area contributed by atoms with Gasteiger partial charge in [-0.1, -0.05) is 18.2 Å². The number of nitrogens with zero attached hydrogens (tertiary/aromatic N) is 2. The van der Waals surface area contributed by atoms with Gasteiger partial charge < -0.3 is 0 Å². The van der Waals surface area contributed by atoms with Gasteiger partial charge in [0.1, 0.15) is 11.9 Å². The SMILES string of the molecule is FC1CCCC(c2cc(-c3n[nH]c4ccccc34)ccn2)C1. The van der Waals surface area contributed by atoms with Crippen LogP contribution in [0.4, 0.5) is 4.39 Å². The molecule has 1 fully saturated rings. The molecule has 2 heterocycles. The highest BCUT2D eigenvalue weighted by Crippen LogP contribution is 2.35. The minimum atomic E-state index is -0.685. The van der Waals surface area contributed by atoms with Crippen molar-refractivity contribution in [3.63, 3.8) is 0 Å². The number of aromatic amines is 1. The molecular weight excluding hydrogens is 277 g/mol. The van der Waals surface area contributed by atoms with Gasteiger partial charge in [0.05, 0.1) is 5.52 Å². The summed E-state index contributed by atoms with van der Waals surface area (Å²) in [5.41, 5.74) is 4.00. The Bertz CT molecular complexity index is 796. The van der Waals surface area contributed by atoms with E-state index in [-0.39, 0.29) is 5.92 Å². The summed E-state index contributed by atoms with van der Waals surface area (Å²) in [6, 6.07) is 12.1. The van der Waals surface area contributed by atoms with Gasteiger partial charge in [0.25, 0.3) is 0 Å². The third-order valence-electron chi connectivity index (χ3n) is 4.55. The molecule has 1 aliphatic carbocycles. The van der Waals surface area contributed by atoms with Crippen molar-refractivity contribution in [3.05, 3.63) is 48.3 Å². The van der Waals surface area contributed by atoms with Crippen LogP contribution < -0.4 is 0 Å². The number of para-hydroxylation sites is 1. The van der Waals surface area contributed by atoms with Crippen molar-refractivity contribution in [2.24, 2.45) is 0 Å². The molecular formula is C18H18FN3. The fourth-order valence-corrected chi connectivity index (χ4v) is 3.40.